The van der Waals surface area contributed by atoms with Gasteiger partial charge in [0.2, 0.25) is 11.7 Å². The van der Waals surface area contributed by atoms with Crippen molar-refractivity contribution in [1.82, 2.24) is 15.1 Å². The maximum absolute atomic E-state index is 13.0. The van der Waals surface area contributed by atoms with E-state index in [1.165, 1.54) is 23.5 Å². The highest BCUT2D eigenvalue weighted by Crippen LogP contribution is 2.27. The minimum atomic E-state index is -0.331. The summed E-state index contributed by atoms with van der Waals surface area (Å²) in [6.45, 7) is 0. The Balaban J connectivity index is 1.86. The highest BCUT2D eigenvalue weighted by atomic mass is 79.9. The summed E-state index contributed by atoms with van der Waals surface area (Å²) < 4.78 is 18.8. The van der Waals surface area contributed by atoms with Crippen LogP contribution < -0.4 is 5.73 Å². The van der Waals surface area contributed by atoms with Gasteiger partial charge in [0.05, 0.1) is 12.1 Å². The molecular weight excluding hydrogens is 347 g/mol. The number of halogens is 2. The number of hydrogen-bond acceptors (Lipinski definition) is 6. The van der Waals surface area contributed by atoms with Crippen molar-refractivity contribution in [3.63, 3.8) is 0 Å². The molecule has 20 heavy (non-hydrogen) atoms. The molecule has 2 aromatic heterocycles. The standard InChI is InChI=1S/C12H8BrFN4OS/c13-9-3-6(14)1-2-8(9)11-17-10(19-18-11)4-7-5-20-12(15)16-7/h1-3,5H,4H2,(H2,15,16). The van der Waals surface area contributed by atoms with Crippen molar-refractivity contribution in [2.75, 3.05) is 5.73 Å². The average molecular weight is 355 g/mol. The molecule has 0 spiro atoms. The molecule has 0 fully saturated rings. The molecule has 5 nitrogen and oxygen atoms in total. The molecule has 0 bridgehead atoms. The second kappa shape index (κ2) is 5.29. The van der Waals surface area contributed by atoms with E-state index in [0.29, 0.717) is 33.3 Å². The van der Waals surface area contributed by atoms with Crippen molar-refractivity contribution in [3.8, 4) is 11.4 Å². The third-order valence-electron chi connectivity index (χ3n) is 2.54. The monoisotopic (exact) mass is 354 g/mol. The number of hydrogen-bond donors (Lipinski definition) is 1. The Bertz CT molecular complexity index is 758. The number of nitrogen functional groups attached to an aromatic ring is 1. The first kappa shape index (κ1) is 13.2. The van der Waals surface area contributed by atoms with E-state index in [9.17, 15) is 4.39 Å². The molecule has 2 heterocycles. The first-order valence-electron chi connectivity index (χ1n) is 5.60. The van der Waals surface area contributed by atoms with Crippen LogP contribution in [-0.4, -0.2) is 15.1 Å². The van der Waals surface area contributed by atoms with Crippen LogP contribution >= 0.6 is 27.3 Å². The SMILES string of the molecule is Nc1nc(Cc2nc(-c3ccc(F)cc3Br)no2)cs1. The number of nitrogens with zero attached hydrogens (tertiary/aromatic N) is 3. The highest BCUT2D eigenvalue weighted by molar-refractivity contribution is 9.10. The third kappa shape index (κ3) is 2.70. The van der Waals surface area contributed by atoms with E-state index in [1.807, 2.05) is 5.38 Å². The number of thiazole rings is 1. The van der Waals surface area contributed by atoms with Crippen LogP contribution in [0.4, 0.5) is 9.52 Å². The Hall–Kier alpha value is -1.80. The summed E-state index contributed by atoms with van der Waals surface area (Å²) in [5.41, 5.74) is 7.01. The summed E-state index contributed by atoms with van der Waals surface area (Å²) in [6, 6.07) is 4.29. The van der Waals surface area contributed by atoms with Gasteiger partial charge in [-0.2, -0.15) is 4.98 Å². The first-order valence-corrected chi connectivity index (χ1v) is 7.27. The minimum Gasteiger partial charge on any atom is -0.375 e. The molecule has 3 aromatic rings. The van der Waals surface area contributed by atoms with E-state index in [0.717, 1.165) is 5.69 Å². The van der Waals surface area contributed by atoms with Crippen molar-refractivity contribution >= 4 is 32.4 Å². The van der Waals surface area contributed by atoms with Crippen LogP contribution in [0.2, 0.25) is 0 Å². The molecule has 8 heteroatoms. The highest BCUT2D eigenvalue weighted by Gasteiger charge is 2.13. The van der Waals surface area contributed by atoms with Gasteiger partial charge in [-0.05, 0) is 34.1 Å². The molecule has 0 atom stereocenters. The lowest BCUT2D eigenvalue weighted by Gasteiger charge is -1.98. The van der Waals surface area contributed by atoms with Crippen molar-refractivity contribution in [2.45, 2.75) is 6.42 Å². The summed E-state index contributed by atoms with van der Waals surface area (Å²) in [5, 5.41) is 6.23. The lowest BCUT2D eigenvalue weighted by atomic mass is 10.2. The van der Waals surface area contributed by atoms with Crippen LogP contribution in [0.3, 0.4) is 0 Å². The van der Waals surface area contributed by atoms with E-state index in [-0.39, 0.29) is 5.82 Å². The second-order valence-electron chi connectivity index (χ2n) is 3.99. The van der Waals surface area contributed by atoms with E-state index in [1.54, 1.807) is 6.07 Å². The Kier molecular flexibility index (Phi) is 3.49. The molecule has 102 valence electrons. The van der Waals surface area contributed by atoms with E-state index >= 15 is 0 Å². The Morgan fingerprint density at radius 2 is 2.20 bits per heavy atom. The van der Waals surface area contributed by atoms with Gasteiger partial charge in [0.25, 0.3) is 0 Å². The molecule has 0 radical (unpaired) electrons. The number of rotatable bonds is 3. The fourth-order valence-electron chi connectivity index (χ4n) is 1.67. The van der Waals surface area contributed by atoms with Crippen molar-refractivity contribution in [3.05, 3.63) is 45.5 Å². The normalized spacial score (nSPS) is 10.9. The van der Waals surface area contributed by atoms with Gasteiger partial charge >= 0.3 is 0 Å². The second-order valence-corrected chi connectivity index (χ2v) is 5.73. The van der Waals surface area contributed by atoms with Gasteiger partial charge in [-0.3, -0.25) is 0 Å². The summed E-state index contributed by atoms with van der Waals surface area (Å²) in [5.74, 6) is 0.499. The molecule has 0 saturated heterocycles. The van der Waals surface area contributed by atoms with Crippen LogP contribution in [-0.2, 0) is 6.42 Å². The zero-order valence-corrected chi connectivity index (χ0v) is 12.4. The number of nitrogens with two attached hydrogens (primary N) is 1. The predicted octanol–water partition coefficient (Wildman–Crippen LogP) is 3.27. The van der Waals surface area contributed by atoms with Gasteiger partial charge < -0.3 is 10.3 Å². The third-order valence-corrected chi connectivity index (χ3v) is 3.92. The Labute approximate surface area is 125 Å². The van der Waals surface area contributed by atoms with Gasteiger partial charge in [0.15, 0.2) is 5.13 Å². The van der Waals surface area contributed by atoms with Gasteiger partial charge in [0.1, 0.15) is 5.82 Å². The summed E-state index contributed by atoms with van der Waals surface area (Å²) in [4.78, 5) is 8.40. The summed E-state index contributed by atoms with van der Waals surface area (Å²) >= 11 is 4.63. The fraction of sp³-hybridized carbons (Fsp3) is 0.0833. The molecule has 0 aliphatic rings. The van der Waals surface area contributed by atoms with Crippen molar-refractivity contribution in [2.24, 2.45) is 0 Å². The van der Waals surface area contributed by atoms with Gasteiger partial charge in [-0.1, -0.05) is 5.16 Å². The molecular formula is C12H8BrFN4OS. The molecule has 3 rings (SSSR count). The summed E-state index contributed by atoms with van der Waals surface area (Å²) in [6.07, 6.45) is 0.416. The lowest BCUT2D eigenvalue weighted by molar-refractivity contribution is 0.385. The Morgan fingerprint density at radius 3 is 2.90 bits per heavy atom. The predicted molar refractivity (Wildman–Crippen MR) is 76.7 cm³/mol. The van der Waals surface area contributed by atoms with Crippen LogP contribution in [0.15, 0.2) is 32.6 Å². The molecule has 0 unspecified atom stereocenters. The van der Waals surface area contributed by atoms with E-state index in [2.05, 4.69) is 31.1 Å². The van der Waals surface area contributed by atoms with Gasteiger partial charge in [-0.15, -0.1) is 11.3 Å². The molecule has 1 aromatic carbocycles. The quantitative estimate of drug-likeness (QED) is 0.780. The maximum Gasteiger partial charge on any atom is 0.233 e. The van der Waals surface area contributed by atoms with E-state index in [4.69, 9.17) is 10.3 Å². The van der Waals surface area contributed by atoms with Crippen LogP contribution in [0.1, 0.15) is 11.6 Å². The first-order chi connectivity index (χ1) is 9.61. The van der Waals surface area contributed by atoms with Crippen LogP contribution in [0.25, 0.3) is 11.4 Å². The van der Waals surface area contributed by atoms with Gasteiger partial charge in [0, 0.05) is 15.4 Å². The molecule has 0 amide bonds. The molecule has 2 N–H and O–H groups in total. The van der Waals surface area contributed by atoms with Gasteiger partial charge in [-0.25, -0.2) is 9.37 Å². The topological polar surface area (TPSA) is 77.8 Å². The number of anilines is 1. The summed E-state index contributed by atoms with van der Waals surface area (Å²) in [7, 11) is 0. The van der Waals surface area contributed by atoms with Crippen molar-refractivity contribution < 1.29 is 8.91 Å². The van der Waals surface area contributed by atoms with Crippen LogP contribution in [0.5, 0.6) is 0 Å². The molecule has 0 aliphatic heterocycles. The smallest absolute Gasteiger partial charge is 0.233 e. The number of benzene rings is 1. The zero-order valence-electron chi connectivity index (χ0n) is 10.0. The molecule has 0 saturated carbocycles. The minimum absolute atomic E-state index is 0.331. The lowest BCUT2D eigenvalue weighted by Crippen LogP contribution is -1.90. The number of aromatic nitrogens is 3. The molecule has 0 aliphatic carbocycles. The fourth-order valence-corrected chi connectivity index (χ4v) is 2.76. The Morgan fingerprint density at radius 1 is 1.35 bits per heavy atom. The maximum atomic E-state index is 13.0. The average Bonchev–Trinajstić information content (AvgIpc) is 2.99. The van der Waals surface area contributed by atoms with Crippen LogP contribution in [0, 0.1) is 5.82 Å². The largest absolute Gasteiger partial charge is 0.375 e. The van der Waals surface area contributed by atoms with Crippen molar-refractivity contribution in [1.29, 1.82) is 0 Å². The zero-order chi connectivity index (χ0) is 14.1. The van der Waals surface area contributed by atoms with E-state index < -0.39 is 0 Å².